The summed E-state index contributed by atoms with van der Waals surface area (Å²) in [5, 5.41) is 0. The predicted molar refractivity (Wildman–Crippen MR) is 53.8 cm³/mol. The lowest BCUT2D eigenvalue weighted by Gasteiger charge is -2.42. The zero-order chi connectivity index (χ0) is 9.24. The van der Waals surface area contributed by atoms with Crippen LogP contribution in [-0.4, -0.2) is 6.54 Å². The molecule has 1 unspecified atom stereocenters. The first kappa shape index (κ1) is 9.53. The van der Waals surface area contributed by atoms with Crippen LogP contribution in [0.15, 0.2) is 24.3 Å². The molecule has 12 heavy (non-hydrogen) atoms. The summed E-state index contributed by atoms with van der Waals surface area (Å²) in [6, 6.07) is 0. The minimum Gasteiger partial charge on any atom is -0.330 e. The van der Waals surface area contributed by atoms with Crippen LogP contribution in [0, 0.1) is 10.8 Å². The third-order valence-electron chi connectivity index (χ3n) is 3.00. The Morgan fingerprint density at radius 1 is 1.33 bits per heavy atom. The predicted octanol–water partition coefficient (Wildman–Crippen LogP) is 2.49. The van der Waals surface area contributed by atoms with Gasteiger partial charge in [0.15, 0.2) is 0 Å². The Morgan fingerprint density at radius 2 is 2.00 bits per heavy atom. The molecule has 1 aliphatic carbocycles. The van der Waals surface area contributed by atoms with E-state index in [4.69, 9.17) is 5.73 Å². The van der Waals surface area contributed by atoms with Crippen LogP contribution in [0.1, 0.15) is 27.2 Å². The van der Waals surface area contributed by atoms with Gasteiger partial charge in [0.1, 0.15) is 0 Å². The van der Waals surface area contributed by atoms with Crippen LogP contribution in [0.2, 0.25) is 0 Å². The monoisotopic (exact) mass is 165 g/mol. The molecule has 2 N–H and O–H groups in total. The average molecular weight is 165 g/mol. The highest BCUT2D eigenvalue weighted by molar-refractivity contribution is 5.19. The Kier molecular flexibility index (Phi) is 2.43. The Bertz CT molecular complexity index is 208. The van der Waals surface area contributed by atoms with Crippen molar-refractivity contribution >= 4 is 0 Å². The molecule has 0 saturated heterocycles. The molecule has 0 aromatic heterocycles. The summed E-state index contributed by atoms with van der Waals surface area (Å²) in [6.45, 7) is 7.49. The molecule has 0 bridgehead atoms. The second-order valence-corrected chi connectivity index (χ2v) is 4.60. The molecule has 0 saturated carbocycles. The van der Waals surface area contributed by atoms with Gasteiger partial charge in [0.05, 0.1) is 0 Å². The van der Waals surface area contributed by atoms with Crippen LogP contribution < -0.4 is 5.73 Å². The Morgan fingerprint density at radius 3 is 2.25 bits per heavy atom. The van der Waals surface area contributed by atoms with Gasteiger partial charge in [0, 0.05) is 12.0 Å². The standard InChI is InChI=1S/C11H19N/c1-10(2,3)11(9-12)7-5-4-6-8-11/h4-7H,8-9,12H2,1-3H3. The molecule has 1 heteroatoms. The van der Waals surface area contributed by atoms with Gasteiger partial charge in [-0.1, -0.05) is 45.1 Å². The smallest absolute Gasteiger partial charge is 0.00904 e. The maximum atomic E-state index is 5.84. The molecule has 0 amide bonds. The summed E-state index contributed by atoms with van der Waals surface area (Å²) in [5.41, 5.74) is 6.26. The van der Waals surface area contributed by atoms with E-state index in [2.05, 4.69) is 45.1 Å². The first-order valence-electron chi connectivity index (χ1n) is 4.56. The largest absolute Gasteiger partial charge is 0.330 e. The van der Waals surface area contributed by atoms with Crippen molar-refractivity contribution < 1.29 is 0 Å². The van der Waals surface area contributed by atoms with E-state index in [1.165, 1.54) is 0 Å². The summed E-state index contributed by atoms with van der Waals surface area (Å²) in [5.74, 6) is 0. The van der Waals surface area contributed by atoms with Crippen molar-refractivity contribution in [1.82, 2.24) is 0 Å². The molecule has 0 aromatic carbocycles. The Labute approximate surface area is 75.3 Å². The maximum Gasteiger partial charge on any atom is 0.00904 e. The van der Waals surface area contributed by atoms with Gasteiger partial charge in [0.25, 0.3) is 0 Å². The fourth-order valence-electron chi connectivity index (χ4n) is 1.68. The minimum atomic E-state index is 0.168. The third kappa shape index (κ3) is 1.46. The molecule has 1 aliphatic rings. The summed E-state index contributed by atoms with van der Waals surface area (Å²) >= 11 is 0. The van der Waals surface area contributed by atoms with Gasteiger partial charge in [-0.15, -0.1) is 0 Å². The van der Waals surface area contributed by atoms with Crippen LogP contribution in [0.3, 0.4) is 0 Å². The van der Waals surface area contributed by atoms with Crippen molar-refractivity contribution in [3.63, 3.8) is 0 Å². The van der Waals surface area contributed by atoms with Crippen LogP contribution in [-0.2, 0) is 0 Å². The van der Waals surface area contributed by atoms with Crippen LogP contribution >= 0.6 is 0 Å². The lowest BCUT2D eigenvalue weighted by Crippen LogP contribution is -2.40. The van der Waals surface area contributed by atoms with Crippen molar-refractivity contribution in [2.75, 3.05) is 6.54 Å². The van der Waals surface area contributed by atoms with Crippen molar-refractivity contribution in [1.29, 1.82) is 0 Å². The van der Waals surface area contributed by atoms with Gasteiger partial charge in [-0.25, -0.2) is 0 Å². The van der Waals surface area contributed by atoms with E-state index in [-0.39, 0.29) is 10.8 Å². The number of hydrogen-bond donors (Lipinski definition) is 1. The highest BCUT2D eigenvalue weighted by Crippen LogP contribution is 2.43. The number of rotatable bonds is 1. The number of allylic oxidation sites excluding steroid dienone is 3. The fraction of sp³-hybridized carbons (Fsp3) is 0.636. The molecule has 1 nitrogen and oxygen atoms in total. The van der Waals surface area contributed by atoms with Gasteiger partial charge >= 0.3 is 0 Å². The van der Waals surface area contributed by atoms with Crippen molar-refractivity contribution in [2.24, 2.45) is 16.6 Å². The van der Waals surface area contributed by atoms with E-state index in [0.29, 0.717) is 0 Å². The molecule has 68 valence electrons. The first-order chi connectivity index (χ1) is 5.52. The fourth-order valence-corrected chi connectivity index (χ4v) is 1.68. The van der Waals surface area contributed by atoms with Crippen LogP contribution in [0.5, 0.6) is 0 Å². The SMILES string of the molecule is CC(C)(C)C1(CN)C=CC=CC1. The summed E-state index contributed by atoms with van der Waals surface area (Å²) in [4.78, 5) is 0. The molecular formula is C11H19N. The minimum absolute atomic E-state index is 0.168. The van der Waals surface area contributed by atoms with Gasteiger partial charge in [-0.2, -0.15) is 0 Å². The summed E-state index contributed by atoms with van der Waals surface area (Å²) in [6.07, 6.45) is 9.75. The summed E-state index contributed by atoms with van der Waals surface area (Å²) < 4.78 is 0. The van der Waals surface area contributed by atoms with E-state index in [0.717, 1.165) is 13.0 Å². The number of nitrogens with two attached hydrogens (primary N) is 1. The van der Waals surface area contributed by atoms with Crippen molar-refractivity contribution in [3.8, 4) is 0 Å². The normalized spacial score (nSPS) is 29.3. The van der Waals surface area contributed by atoms with E-state index in [1.807, 2.05) is 0 Å². The zero-order valence-electron chi connectivity index (χ0n) is 8.30. The Hall–Kier alpha value is -0.560. The van der Waals surface area contributed by atoms with Gasteiger partial charge < -0.3 is 5.73 Å². The molecule has 0 aliphatic heterocycles. The second-order valence-electron chi connectivity index (χ2n) is 4.60. The summed E-state index contributed by atoms with van der Waals surface area (Å²) in [7, 11) is 0. The molecule has 1 atom stereocenters. The van der Waals surface area contributed by atoms with E-state index in [1.54, 1.807) is 0 Å². The molecule has 0 fully saturated rings. The van der Waals surface area contributed by atoms with Crippen LogP contribution in [0.4, 0.5) is 0 Å². The zero-order valence-corrected chi connectivity index (χ0v) is 8.30. The molecule has 0 aromatic rings. The quantitative estimate of drug-likeness (QED) is 0.634. The molecular weight excluding hydrogens is 146 g/mol. The van der Waals surface area contributed by atoms with E-state index in [9.17, 15) is 0 Å². The Balaban J connectivity index is 2.91. The van der Waals surface area contributed by atoms with E-state index >= 15 is 0 Å². The average Bonchev–Trinajstić information content (AvgIpc) is 2.04. The third-order valence-corrected chi connectivity index (χ3v) is 3.00. The lowest BCUT2D eigenvalue weighted by molar-refractivity contribution is 0.156. The first-order valence-corrected chi connectivity index (χ1v) is 4.56. The highest BCUT2D eigenvalue weighted by atomic mass is 14.6. The van der Waals surface area contributed by atoms with Gasteiger partial charge in [-0.3, -0.25) is 0 Å². The second kappa shape index (κ2) is 3.06. The molecule has 1 rings (SSSR count). The van der Waals surface area contributed by atoms with Crippen molar-refractivity contribution in [3.05, 3.63) is 24.3 Å². The number of hydrogen-bond acceptors (Lipinski definition) is 1. The van der Waals surface area contributed by atoms with Gasteiger partial charge in [-0.05, 0) is 11.8 Å². The molecule has 0 heterocycles. The topological polar surface area (TPSA) is 26.0 Å². The molecule has 0 spiro atoms. The highest BCUT2D eigenvalue weighted by Gasteiger charge is 2.37. The molecule has 0 radical (unpaired) electrons. The van der Waals surface area contributed by atoms with E-state index < -0.39 is 0 Å². The lowest BCUT2D eigenvalue weighted by atomic mass is 9.63. The van der Waals surface area contributed by atoms with Gasteiger partial charge in [0.2, 0.25) is 0 Å². The maximum absolute atomic E-state index is 5.84. The van der Waals surface area contributed by atoms with Crippen LogP contribution in [0.25, 0.3) is 0 Å². The van der Waals surface area contributed by atoms with Crippen molar-refractivity contribution in [2.45, 2.75) is 27.2 Å².